The third kappa shape index (κ3) is 6.12. The average molecular weight is 472 g/mol. The quantitative estimate of drug-likeness (QED) is 0.336. The van der Waals surface area contributed by atoms with Gasteiger partial charge in [0.1, 0.15) is 11.5 Å². The molecule has 3 aromatic rings. The van der Waals surface area contributed by atoms with Crippen molar-refractivity contribution < 1.29 is 28.4 Å². The highest BCUT2D eigenvalue weighted by Gasteiger charge is 2.17. The van der Waals surface area contributed by atoms with Crippen molar-refractivity contribution in [2.75, 3.05) is 6.61 Å². The van der Waals surface area contributed by atoms with E-state index in [1.165, 1.54) is 22.8 Å². The molecule has 1 atom stereocenters. The van der Waals surface area contributed by atoms with Crippen LogP contribution in [-0.4, -0.2) is 34.0 Å². The molecule has 0 saturated heterocycles. The van der Waals surface area contributed by atoms with Crippen molar-refractivity contribution in [2.45, 2.75) is 39.3 Å². The normalized spacial score (nSPS) is 11.6. The van der Waals surface area contributed by atoms with E-state index in [0.29, 0.717) is 23.6 Å². The molecule has 1 heterocycles. The molecule has 0 aliphatic heterocycles. The molecule has 34 heavy (non-hydrogen) atoms. The Morgan fingerprint density at radius 3 is 2.53 bits per heavy atom. The molecule has 0 aliphatic rings. The van der Waals surface area contributed by atoms with E-state index in [2.05, 4.69) is 10.9 Å². The highest BCUT2D eigenvalue weighted by molar-refractivity contribution is 5.84. The molecule has 0 bridgehead atoms. The maximum Gasteiger partial charge on any atom is 0.419 e. The van der Waals surface area contributed by atoms with Crippen molar-refractivity contribution in [1.82, 2.24) is 15.4 Å². The average Bonchev–Trinajstić information content (AvgIpc) is 3.13. The van der Waals surface area contributed by atoms with Crippen molar-refractivity contribution >= 4 is 28.6 Å². The molecule has 0 spiro atoms. The van der Waals surface area contributed by atoms with Crippen molar-refractivity contribution in [3.63, 3.8) is 0 Å². The largest absolute Gasteiger partial charge is 0.494 e. The summed E-state index contributed by atoms with van der Waals surface area (Å²) < 4.78 is 17.2. The number of nitro groups is 1. The Hall–Kier alpha value is -4.35. The molecule has 1 aromatic heterocycles. The first kappa shape index (κ1) is 24.3. The van der Waals surface area contributed by atoms with Crippen LogP contribution in [0.2, 0.25) is 0 Å². The van der Waals surface area contributed by atoms with Gasteiger partial charge in [-0.1, -0.05) is 0 Å². The van der Waals surface area contributed by atoms with Crippen LogP contribution in [0, 0.1) is 10.1 Å². The zero-order chi connectivity index (χ0) is 24.7. The zero-order valence-corrected chi connectivity index (χ0v) is 18.6. The topological polar surface area (TPSA) is 155 Å². The van der Waals surface area contributed by atoms with Crippen LogP contribution >= 0.6 is 0 Å². The lowest BCUT2D eigenvalue weighted by molar-refractivity contribution is -0.384. The van der Waals surface area contributed by atoms with E-state index < -0.39 is 28.6 Å². The van der Waals surface area contributed by atoms with Gasteiger partial charge in [0.25, 0.3) is 11.6 Å². The van der Waals surface area contributed by atoms with E-state index >= 15 is 0 Å². The molecular formula is C22H24N4O8. The second-order valence-corrected chi connectivity index (χ2v) is 7.23. The van der Waals surface area contributed by atoms with Gasteiger partial charge in [-0.05, 0) is 50.6 Å². The fourth-order valence-electron chi connectivity index (χ4n) is 3.11. The van der Waals surface area contributed by atoms with Crippen molar-refractivity contribution in [3.8, 4) is 11.5 Å². The van der Waals surface area contributed by atoms with Crippen molar-refractivity contribution in [1.29, 1.82) is 0 Å². The lowest BCUT2D eigenvalue weighted by Crippen LogP contribution is -2.47. The molecule has 180 valence electrons. The first-order chi connectivity index (χ1) is 16.3. The van der Waals surface area contributed by atoms with Gasteiger partial charge in [-0.2, -0.15) is 0 Å². The Morgan fingerprint density at radius 2 is 1.85 bits per heavy atom. The molecule has 0 aliphatic carbocycles. The molecule has 12 nitrogen and oxygen atoms in total. The molecule has 2 aromatic carbocycles. The number of nitro benzene ring substituents is 1. The summed E-state index contributed by atoms with van der Waals surface area (Å²) in [6.45, 7) is 4.11. The third-order valence-corrected chi connectivity index (χ3v) is 4.79. The van der Waals surface area contributed by atoms with Gasteiger partial charge >= 0.3 is 5.76 Å². The lowest BCUT2D eigenvalue weighted by atomic mass is 10.2. The van der Waals surface area contributed by atoms with Gasteiger partial charge in [-0.15, -0.1) is 0 Å². The smallest absolute Gasteiger partial charge is 0.419 e. The Balaban J connectivity index is 1.44. The van der Waals surface area contributed by atoms with E-state index in [9.17, 15) is 24.5 Å². The fraction of sp³-hybridized carbons (Fsp3) is 0.318. The van der Waals surface area contributed by atoms with Gasteiger partial charge in [0.15, 0.2) is 11.7 Å². The molecule has 0 fully saturated rings. The number of nitrogens with one attached hydrogen (secondary N) is 2. The number of carbonyl (C=O) groups is 2. The highest BCUT2D eigenvalue weighted by Crippen LogP contribution is 2.20. The number of carbonyl (C=O) groups excluding carboxylic acids is 2. The fourth-order valence-corrected chi connectivity index (χ4v) is 3.11. The molecule has 0 radical (unpaired) electrons. The number of ether oxygens (including phenoxy) is 2. The number of benzene rings is 2. The number of non-ortho nitro benzene ring substituents is 1. The molecular weight excluding hydrogens is 448 g/mol. The first-order valence-electron chi connectivity index (χ1n) is 10.5. The second kappa shape index (κ2) is 11.0. The summed E-state index contributed by atoms with van der Waals surface area (Å²) in [5.41, 5.74) is 4.90. The van der Waals surface area contributed by atoms with Crippen molar-refractivity contribution in [3.05, 3.63) is 63.1 Å². The monoisotopic (exact) mass is 472 g/mol. The molecule has 12 heteroatoms. The number of rotatable bonds is 10. The number of hydrazine groups is 1. The van der Waals surface area contributed by atoms with E-state index in [0.717, 1.165) is 0 Å². The summed E-state index contributed by atoms with van der Waals surface area (Å²) in [5, 5.41) is 10.9. The van der Waals surface area contributed by atoms with Crippen LogP contribution in [0.3, 0.4) is 0 Å². The summed E-state index contributed by atoms with van der Waals surface area (Å²) in [4.78, 5) is 46.5. The van der Waals surface area contributed by atoms with Crippen LogP contribution in [0.25, 0.3) is 11.1 Å². The van der Waals surface area contributed by atoms with E-state index in [1.807, 2.05) is 6.92 Å². The molecule has 2 amide bonds. The van der Waals surface area contributed by atoms with Crippen LogP contribution in [0.15, 0.2) is 51.7 Å². The summed E-state index contributed by atoms with van der Waals surface area (Å²) in [6.07, 6.45) is -0.579. The first-order valence-corrected chi connectivity index (χ1v) is 10.5. The maximum absolute atomic E-state index is 12.2. The van der Waals surface area contributed by atoms with Crippen LogP contribution in [0.1, 0.15) is 26.7 Å². The van der Waals surface area contributed by atoms with Gasteiger partial charge in [0, 0.05) is 19.0 Å². The minimum atomic E-state index is -0.863. The Kier molecular flexibility index (Phi) is 7.85. The van der Waals surface area contributed by atoms with Gasteiger partial charge in [0.05, 0.1) is 23.1 Å². The number of hydrogen-bond acceptors (Lipinski definition) is 8. The number of hydrogen-bond donors (Lipinski definition) is 2. The number of aryl methyl sites for hydroxylation is 1. The predicted octanol–water partition coefficient (Wildman–Crippen LogP) is 2.30. The standard InChI is InChI=1S/C22H24N4O8/c1-3-32-16-7-9-17(10-8-16)33-14(2)21(28)24-23-20(27)5-4-12-25-18-11-6-15(26(30)31)13-19(18)34-22(25)29/h6-11,13-14H,3-5,12H2,1-2H3,(H,23,27)(H,24,28). The summed E-state index contributed by atoms with van der Waals surface area (Å²) in [5.74, 6) is -0.518. The highest BCUT2D eigenvalue weighted by atomic mass is 16.6. The number of amides is 2. The molecule has 1 unspecified atom stereocenters. The van der Waals surface area contributed by atoms with Crippen LogP contribution in [0.4, 0.5) is 5.69 Å². The second-order valence-electron chi connectivity index (χ2n) is 7.23. The number of fused-ring (bicyclic) bond motifs is 1. The van der Waals surface area contributed by atoms with Crippen LogP contribution < -0.4 is 26.1 Å². The van der Waals surface area contributed by atoms with Crippen molar-refractivity contribution in [2.24, 2.45) is 0 Å². The summed E-state index contributed by atoms with van der Waals surface area (Å²) in [6, 6.07) is 10.7. The van der Waals surface area contributed by atoms with E-state index in [1.54, 1.807) is 31.2 Å². The summed E-state index contributed by atoms with van der Waals surface area (Å²) >= 11 is 0. The van der Waals surface area contributed by atoms with Crippen LogP contribution in [-0.2, 0) is 16.1 Å². The van der Waals surface area contributed by atoms with E-state index in [4.69, 9.17) is 13.9 Å². The van der Waals surface area contributed by atoms with Gasteiger partial charge in [-0.25, -0.2) is 4.79 Å². The number of aromatic nitrogens is 1. The summed E-state index contributed by atoms with van der Waals surface area (Å²) in [7, 11) is 0. The number of oxazole rings is 1. The predicted molar refractivity (Wildman–Crippen MR) is 120 cm³/mol. The minimum absolute atomic E-state index is 0.0144. The van der Waals surface area contributed by atoms with E-state index in [-0.39, 0.29) is 30.7 Å². The Morgan fingerprint density at radius 1 is 1.15 bits per heavy atom. The maximum atomic E-state index is 12.2. The SMILES string of the molecule is CCOc1ccc(OC(C)C(=O)NNC(=O)CCCn2c(=O)oc3cc([N+](=O)[O-])ccc32)cc1. The Labute approximate surface area is 193 Å². The van der Waals surface area contributed by atoms with Gasteiger partial charge in [0.2, 0.25) is 5.91 Å². The number of nitrogens with zero attached hydrogens (tertiary/aromatic N) is 2. The Bertz CT molecular complexity index is 1230. The minimum Gasteiger partial charge on any atom is -0.494 e. The lowest BCUT2D eigenvalue weighted by Gasteiger charge is -2.15. The zero-order valence-electron chi connectivity index (χ0n) is 18.6. The van der Waals surface area contributed by atoms with Crippen LogP contribution in [0.5, 0.6) is 11.5 Å². The molecule has 2 N–H and O–H groups in total. The molecule has 0 saturated carbocycles. The third-order valence-electron chi connectivity index (χ3n) is 4.79. The van der Waals surface area contributed by atoms with Gasteiger partial charge < -0.3 is 13.9 Å². The molecule has 3 rings (SSSR count). The van der Waals surface area contributed by atoms with Gasteiger partial charge in [-0.3, -0.25) is 35.1 Å².